The highest BCUT2D eigenvalue weighted by molar-refractivity contribution is 9.10. The van der Waals surface area contributed by atoms with Crippen LogP contribution in [0, 0.1) is 11.3 Å². The monoisotopic (exact) mass is 525 g/mol. The first-order valence-corrected chi connectivity index (χ1v) is 11.4. The van der Waals surface area contributed by atoms with Crippen molar-refractivity contribution < 1.29 is 23.8 Å². The minimum absolute atomic E-state index is 0.235. The average molecular weight is 526 g/mol. The molecule has 3 rings (SSSR count). The number of nitrogens with zero attached hydrogens (tertiary/aromatic N) is 3. The second kappa shape index (κ2) is 11.0. The van der Waals surface area contributed by atoms with Crippen molar-refractivity contribution in [1.29, 1.82) is 5.26 Å². The Kier molecular flexibility index (Phi) is 8.08. The van der Waals surface area contributed by atoms with Crippen molar-refractivity contribution in [3.8, 4) is 17.6 Å². The summed E-state index contributed by atoms with van der Waals surface area (Å²) in [6.45, 7) is 7.25. The van der Waals surface area contributed by atoms with E-state index in [4.69, 9.17) is 19.5 Å². The molecule has 1 amide bonds. The summed E-state index contributed by atoms with van der Waals surface area (Å²) in [7, 11) is 0. The Balaban J connectivity index is 1.87. The number of hydrazone groups is 1. The van der Waals surface area contributed by atoms with Crippen LogP contribution in [0.3, 0.4) is 0 Å². The first kappa shape index (κ1) is 25.0. The maximum atomic E-state index is 13.1. The van der Waals surface area contributed by atoms with E-state index in [2.05, 4.69) is 27.1 Å². The molecular formula is C25H24BrN3O5. The van der Waals surface area contributed by atoms with Gasteiger partial charge in [-0.1, -0.05) is 15.9 Å². The Labute approximate surface area is 206 Å². The summed E-state index contributed by atoms with van der Waals surface area (Å²) in [5.41, 5.74) is 2.72. The van der Waals surface area contributed by atoms with Crippen LogP contribution in [0.25, 0.3) is 6.08 Å². The van der Waals surface area contributed by atoms with Crippen LogP contribution in [0.15, 0.2) is 51.5 Å². The zero-order valence-electron chi connectivity index (χ0n) is 19.3. The van der Waals surface area contributed by atoms with Gasteiger partial charge in [0, 0.05) is 4.47 Å². The van der Waals surface area contributed by atoms with Gasteiger partial charge in [0.1, 0.15) is 0 Å². The molecule has 1 aliphatic heterocycles. The molecule has 0 atom stereocenters. The summed E-state index contributed by atoms with van der Waals surface area (Å²) in [6, 6.07) is 12.1. The summed E-state index contributed by atoms with van der Waals surface area (Å²) in [5.74, 6) is 0.0349. The summed E-state index contributed by atoms with van der Waals surface area (Å²) in [6.07, 6.45) is 1.48. The molecule has 2 aromatic rings. The van der Waals surface area contributed by atoms with Crippen LogP contribution in [0.2, 0.25) is 0 Å². The summed E-state index contributed by atoms with van der Waals surface area (Å²) < 4.78 is 17.1. The predicted octanol–water partition coefficient (Wildman–Crippen LogP) is 4.86. The first-order valence-electron chi connectivity index (χ1n) is 10.6. The van der Waals surface area contributed by atoms with Crippen molar-refractivity contribution in [2.45, 2.75) is 33.8 Å². The molecule has 0 bridgehead atoms. The Hall–Kier alpha value is -3.64. The van der Waals surface area contributed by atoms with Gasteiger partial charge in [-0.05, 0) is 75.7 Å². The second-order valence-corrected chi connectivity index (χ2v) is 8.45. The van der Waals surface area contributed by atoms with Crippen molar-refractivity contribution in [3.63, 3.8) is 0 Å². The van der Waals surface area contributed by atoms with Crippen molar-refractivity contribution in [2.24, 2.45) is 5.10 Å². The van der Waals surface area contributed by atoms with Crippen LogP contribution in [0.5, 0.6) is 11.5 Å². The lowest BCUT2D eigenvalue weighted by atomic mass is 10.1. The normalized spacial score (nSPS) is 14.3. The van der Waals surface area contributed by atoms with E-state index in [0.29, 0.717) is 50.7 Å². The molecule has 0 saturated heterocycles. The fourth-order valence-electron chi connectivity index (χ4n) is 3.17. The average Bonchev–Trinajstić information content (AvgIpc) is 3.08. The lowest BCUT2D eigenvalue weighted by Crippen LogP contribution is -2.21. The topological polar surface area (TPSA) is 101 Å². The zero-order valence-corrected chi connectivity index (χ0v) is 20.9. The fraction of sp³-hybridized carbons (Fsp3) is 0.280. The molecule has 34 heavy (non-hydrogen) atoms. The lowest BCUT2D eigenvalue weighted by molar-refractivity contribution is -0.149. The number of amides is 1. The van der Waals surface area contributed by atoms with Crippen LogP contribution in [0.4, 0.5) is 5.69 Å². The highest BCUT2D eigenvalue weighted by atomic mass is 79.9. The number of hydrogen-bond acceptors (Lipinski definition) is 7. The number of esters is 1. The van der Waals surface area contributed by atoms with Gasteiger partial charge in [-0.15, -0.1) is 0 Å². The molecule has 0 aromatic heterocycles. The molecule has 0 N–H and O–H groups in total. The molecule has 1 heterocycles. The molecule has 9 heteroatoms. The molecule has 0 fully saturated rings. The SMILES string of the molecule is CCOc1cc(C=C2C(=O)N(c3ccc(C#N)cc3)N=C2C)c(Br)cc1OCC(=O)OC(C)C. The number of halogens is 1. The molecule has 0 spiro atoms. The van der Waals surface area contributed by atoms with Crippen LogP contribution in [-0.2, 0) is 14.3 Å². The number of carbonyl (C=O) groups excluding carboxylic acids is 2. The van der Waals surface area contributed by atoms with Gasteiger partial charge in [0.05, 0.1) is 41.3 Å². The third-order valence-electron chi connectivity index (χ3n) is 4.68. The number of nitriles is 1. The molecule has 0 saturated carbocycles. The Morgan fingerprint density at radius 2 is 1.88 bits per heavy atom. The molecule has 0 aliphatic carbocycles. The standard InChI is InChI=1S/C25H24BrN3O5/c1-5-32-22-11-18(21(26)12-23(22)33-14-24(30)34-15(2)3)10-20-16(4)28-29(25(20)31)19-8-6-17(13-27)7-9-19/h6-12,15H,5,14H2,1-4H3. The largest absolute Gasteiger partial charge is 0.490 e. The quantitative estimate of drug-likeness (QED) is 0.360. The molecule has 1 aliphatic rings. The van der Waals surface area contributed by atoms with Gasteiger partial charge in [0.2, 0.25) is 0 Å². The van der Waals surface area contributed by atoms with E-state index < -0.39 is 5.97 Å². The van der Waals surface area contributed by atoms with Crippen LogP contribution < -0.4 is 14.5 Å². The Morgan fingerprint density at radius 1 is 1.21 bits per heavy atom. The van der Waals surface area contributed by atoms with E-state index >= 15 is 0 Å². The highest BCUT2D eigenvalue weighted by Gasteiger charge is 2.29. The number of benzene rings is 2. The minimum atomic E-state index is -0.481. The predicted molar refractivity (Wildman–Crippen MR) is 132 cm³/mol. The Morgan fingerprint density at radius 3 is 2.50 bits per heavy atom. The van der Waals surface area contributed by atoms with Gasteiger partial charge < -0.3 is 14.2 Å². The van der Waals surface area contributed by atoms with E-state index in [0.717, 1.165) is 0 Å². The Bertz CT molecular complexity index is 1200. The second-order valence-electron chi connectivity index (χ2n) is 7.60. The minimum Gasteiger partial charge on any atom is -0.490 e. The van der Waals surface area contributed by atoms with Crippen LogP contribution in [0.1, 0.15) is 38.8 Å². The third kappa shape index (κ3) is 5.83. The van der Waals surface area contributed by atoms with Gasteiger partial charge in [-0.2, -0.15) is 15.4 Å². The molecular weight excluding hydrogens is 502 g/mol. The van der Waals surface area contributed by atoms with E-state index in [-0.39, 0.29) is 18.6 Å². The summed E-state index contributed by atoms with van der Waals surface area (Å²) in [4.78, 5) is 24.9. The number of carbonyl (C=O) groups is 2. The highest BCUT2D eigenvalue weighted by Crippen LogP contribution is 2.36. The molecule has 176 valence electrons. The maximum absolute atomic E-state index is 13.1. The molecule has 2 aromatic carbocycles. The van der Waals surface area contributed by atoms with Crippen LogP contribution in [-0.4, -0.2) is 36.9 Å². The smallest absolute Gasteiger partial charge is 0.344 e. The first-order chi connectivity index (χ1) is 16.2. The fourth-order valence-corrected chi connectivity index (χ4v) is 3.60. The van der Waals surface area contributed by atoms with Gasteiger partial charge in [-0.25, -0.2) is 4.79 Å². The lowest BCUT2D eigenvalue weighted by Gasteiger charge is -2.15. The summed E-state index contributed by atoms with van der Waals surface area (Å²) in [5, 5.41) is 14.7. The van der Waals surface area contributed by atoms with Crippen molar-refractivity contribution >= 4 is 45.3 Å². The number of anilines is 1. The number of hydrogen-bond donors (Lipinski definition) is 0. The van der Waals surface area contributed by atoms with Crippen LogP contribution >= 0.6 is 15.9 Å². The van der Waals surface area contributed by atoms with E-state index in [1.165, 1.54) is 5.01 Å². The third-order valence-corrected chi connectivity index (χ3v) is 5.37. The van der Waals surface area contributed by atoms with E-state index in [1.807, 2.05) is 6.92 Å². The van der Waals surface area contributed by atoms with Crippen molar-refractivity contribution in [1.82, 2.24) is 0 Å². The maximum Gasteiger partial charge on any atom is 0.344 e. The van der Waals surface area contributed by atoms with Gasteiger partial charge in [-0.3, -0.25) is 4.79 Å². The van der Waals surface area contributed by atoms with Gasteiger partial charge in [0.15, 0.2) is 18.1 Å². The van der Waals surface area contributed by atoms with E-state index in [9.17, 15) is 9.59 Å². The van der Waals surface area contributed by atoms with Gasteiger partial charge >= 0.3 is 5.97 Å². The summed E-state index contributed by atoms with van der Waals surface area (Å²) >= 11 is 3.51. The van der Waals surface area contributed by atoms with Crippen molar-refractivity contribution in [3.05, 3.63) is 57.6 Å². The van der Waals surface area contributed by atoms with Gasteiger partial charge in [0.25, 0.3) is 5.91 Å². The van der Waals surface area contributed by atoms with Crippen molar-refractivity contribution in [2.75, 3.05) is 18.2 Å². The number of rotatable bonds is 8. The zero-order chi connectivity index (χ0) is 24.8. The molecule has 8 nitrogen and oxygen atoms in total. The van der Waals surface area contributed by atoms with E-state index in [1.54, 1.807) is 63.2 Å². The molecule has 0 unspecified atom stereocenters. The molecule has 0 radical (unpaired) electrons. The number of ether oxygens (including phenoxy) is 3.